The van der Waals surface area contributed by atoms with Gasteiger partial charge in [0.05, 0.1) is 18.4 Å². The molecule has 1 aromatic heterocycles. The Kier molecular flexibility index (Phi) is 4.99. The van der Waals surface area contributed by atoms with Gasteiger partial charge in [-0.15, -0.1) is 0 Å². The highest BCUT2D eigenvalue weighted by molar-refractivity contribution is 5.92. The third kappa shape index (κ3) is 4.22. The van der Waals surface area contributed by atoms with Gasteiger partial charge in [0.15, 0.2) is 6.10 Å². The van der Waals surface area contributed by atoms with Gasteiger partial charge in [0, 0.05) is 0 Å². The van der Waals surface area contributed by atoms with Crippen LogP contribution >= 0.6 is 0 Å². The summed E-state index contributed by atoms with van der Waals surface area (Å²) in [5.41, 5.74) is 2.40. The molecule has 5 heteroatoms. The van der Waals surface area contributed by atoms with Gasteiger partial charge in [0.25, 0.3) is 5.91 Å². The number of carbonyl (C=O) groups excluding carboxylic acids is 2. The van der Waals surface area contributed by atoms with E-state index in [1.165, 1.54) is 13.2 Å². The van der Waals surface area contributed by atoms with E-state index >= 15 is 0 Å². The van der Waals surface area contributed by atoms with Crippen LogP contribution in [0, 0.1) is 13.8 Å². The number of rotatable bonds is 5. The number of benzene rings is 1. The van der Waals surface area contributed by atoms with E-state index in [9.17, 15) is 9.59 Å². The van der Waals surface area contributed by atoms with Gasteiger partial charge in [-0.3, -0.25) is 4.79 Å². The van der Waals surface area contributed by atoms with Gasteiger partial charge in [-0.1, -0.05) is 17.2 Å². The van der Waals surface area contributed by atoms with E-state index in [0.717, 1.165) is 11.1 Å². The van der Waals surface area contributed by atoms with Crippen molar-refractivity contribution < 1.29 is 18.7 Å². The van der Waals surface area contributed by atoms with Crippen LogP contribution in [0.5, 0.6) is 0 Å². The van der Waals surface area contributed by atoms with E-state index in [-0.39, 0.29) is 12.5 Å². The molecule has 5 nitrogen and oxygen atoms in total. The first-order valence-electron chi connectivity index (χ1n) is 7.05. The highest BCUT2D eigenvalue weighted by Gasteiger charge is 2.19. The second-order valence-electron chi connectivity index (χ2n) is 5.22. The minimum absolute atomic E-state index is 0.261. The Morgan fingerprint density at radius 1 is 1.23 bits per heavy atom. The third-order valence-corrected chi connectivity index (χ3v) is 3.13. The molecule has 1 heterocycles. The first-order valence-corrected chi connectivity index (χ1v) is 7.05. The number of carbonyl (C=O) groups is 2. The lowest BCUT2D eigenvalue weighted by Crippen LogP contribution is -2.35. The van der Waals surface area contributed by atoms with Crippen LogP contribution in [0.25, 0.3) is 0 Å². The number of furan rings is 1. The number of hydrogen-bond donors (Lipinski definition) is 1. The summed E-state index contributed by atoms with van der Waals surface area (Å²) in [6.07, 6.45) is 0.661. The van der Waals surface area contributed by atoms with Gasteiger partial charge in [0.2, 0.25) is 0 Å². The van der Waals surface area contributed by atoms with E-state index in [1.807, 2.05) is 19.9 Å². The molecular weight excluding hydrogens is 282 g/mol. The Labute approximate surface area is 129 Å². The molecular formula is C17H19NO4. The van der Waals surface area contributed by atoms with Gasteiger partial charge in [-0.05, 0) is 45.0 Å². The lowest BCUT2D eigenvalue weighted by Gasteiger charge is -2.13. The normalized spacial score (nSPS) is 11.8. The maximum Gasteiger partial charge on any atom is 0.338 e. The van der Waals surface area contributed by atoms with E-state index < -0.39 is 12.1 Å². The van der Waals surface area contributed by atoms with Gasteiger partial charge in [-0.25, -0.2) is 4.79 Å². The summed E-state index contributed by atoms with van der Waals surface area (Å²) >= 11 is 0. The SMILES string of the molecule is Cc1cc(C)cc(C(=O)OC(C)C(=O)NCc2ccco2)c1. The zero-order chi connectivity index (χ0) is 16.1. The molecule has 1 aromatic carbocycles. The smallest absolute Gasteiger partial charge is 0.338 e. The summed E-state index contributed by atoms with van der Waals surface area (Å²) in [5.74, 6) is -0.234. The van der Waals surface area contributed by atoms with Gasteiger partial charge < -0.3 is 14.5 Å². The quantitative estimate of drug-likeness (QED) is 0.862. The molecule has 0 aliphatic heterocycles. The molecule has 1 unspecified atom stereocenters. The highest BCUT2D eigenvalue weighted by atomic mass is 16.5. The van der Waals surface area contributed by atoms with Crippen molar-refractivity contribution in [3.63, 3.8) is 0 Å². The minimum Gasteiger partial charge on any atom is -0.467 e. The zero-order valence-corrected chi connectivity index (χ0v) is 12.9. The summed E-state index contributed by atoms with van der Waals surface area (Å²) in [6.45, 7) is 5.61. The molecule has 0 saturated carbocycles. The summed E-state index contributed by atoms with van der Waals surface area (Å²) < 4.78 is 10.3. The summed E-state index contributed by atoms with van der Waals surface area (Å²) in [6, 6.07) is 8.94. The highest BCUT2D eigenvalue weighted by Crippen LogP contribution is 2.11. The third-order valence-electron chi connectivity index (χ3n) is 3.13. The van der Waals surface area contributed by atoms with E-state index in [0.29, 0.717) is 11.3 Å². The second-order valence-corrected chi connectivity index (χ2v) is 5.22. The Bertz CT molecular complexity index is 641. The van der Waals surface area contributed by atoms with Gasteiger partial charge in [-0.2, -0.15) is 0 Å². The first kappa shape index (κ1) is 15.8. The van der Waals surface area contributed by atoms with E-state index in [2.05, 4.69) is 5.32 Å². The Morgan fingerprint density at radius 2 is 1.91 bits per heavy atom. The molecule has 0 fully saturated rings. The zero-order valence-electron chi connectivity index (χ0n) is 12.9. The van der Waals surface area contributed by atoms with Crippen LogP contribution in [0.15, 0.2) is 41.0 Å². The topological polar surface area (TPSA) is 68.5 Å². The minimum atomic E-state index is -0.872. The first-order chi connectivity index (χ1) is 10.5. The predicted octanol–water partition coefficient (Wildman–Crippen LogP) is 2.76. The summed E-state index contributed by atoms with van der Waals surface area (Å²) in [7, 11) is 0. The van der Waals surface area contributed by atoms with Crippen LogP contribution in [0.4, 0.5) is 0 Å². The predicted molar refractivity (Wildman–Crippen MR) is 81.3 cm³/mol. The van der Waals surface area contributed by atoms with Crippen molar-refractivity contribution in [1.82, 2.24) is 5.32 Å². The number of hydrogen-bond acceptors (Lipinski definition) is 4. The lowest BCUT2D eigenvalue weighted by molar-refractivity contribution is -0.129. The fourth-order valence-corrected chi connectivity index (χ4v) is 2.11. The molecule has 0 bridgehead atoms. The molecule has 0 spiro atoms. The molecule has 0 aliphatic carbocycles. The maximum absolute atomic E-state index is 12.1. The molecule has 1 N–H and O–H groups in total. The molecule has 0 aliphatic rings. The van der Waals surface area contributed by atoms with Crippen LogP contribution in [0.3, 0.4) is 0 Å². The van der Waals surface area contributed by atoms with E-state index in [1.54, 1.807) is 24.3 Å². The fourth-order valence-electron chi connectivity index (χ4n) is 2.11. The molecule has 116 valence electrons. The molecule has 2 aromatic rings. The molecule has 1 atom stereocenters. The van der Waals surface area contributed by atoms with Crippen LogP contribution in [0.1, 0.15) is 34.2 Å². The van der Waals surface area contributed by atoms with Crippen molar-refractivity contribution >= 4 is 11.9 Å². The Hall–Kier alpha value is -2.56. The van der Waals surface area contributed by atoms with E-state index in [4.69, 9.17) is 9.15 Å². The summed E-state index contributed by atoms with van der Waals surface area (Å²) in [5, 5.41) is 2.65. The number of aryl methyl sites for hydroxylation is 2. The molecule has 2 rings (SSSR count). The number of nitrogens with one attached hydrogen (secondary N) is 1. The van der Waals surface area contributed by atoms with Crippen molar-refractivity contribution in [2.45, 2.75) is 33.4 Å². The molecule has 0 radical (unpaired) electrons. The monoisotopic (exact) mass is 301 g/mol. The number of esters is 1. The largest absolute Gasteiger partial charge is 0.467 e. The fraction of sp³-hybridized carbons (Fsp3) is 0.294. The van der Waals surface area contributed by atoms with Crippen molar-refractivity contribution in [2.75, 3.05) is 0 Å². The van der Waals surface area contributed by atoms with Crippen LogP contribution in [-0.2, 0) is 16.1 Å². The van der Waals surface area contributed by atoms with Crippen molar-refractivity contribution in [3.05, 3.63) is 59.0 Å². The number of ether oxygens (including phenoxy) is 1. The molecule has 22 heavy (non-hydrogen) atoms. The van der Waals surface area contributed by atoms with Crippen LogP contribution < -0.4 is 5.32 Å². The average Bonchev–Trinajstić information content (AvgIpc) is 2.96. The van der Waals surface area contributed by atoms with Crippen LogP contribution in [0.2, 0.25) is 0 Å². The van der Waals surface area contributed by atoms with Crippen LogP contribution in [-0.4, -0.2) is 18.0 Å². The average molecular weight is 301 g/mol. The van der Waals surface area contributed by atoms with Crippen molar-refractivity contribution in [2.24, 2.45) is 0 Å². The van der Waals surface area contributed by atoms with Crippen molar-refractivity contribution in [1.29, 1.82) is 0 Å². The molecule has 1 amide bonds. The lowest BCUT2D eigenvalue weighted by atomic mass is 10.1. The van der Waals surface area contributed by atoms with Gasteiger partial charge in [0.1, 0.15) is 5.76 Å². The Balaban J connectivity index is 1.91. The molecule has 0 saturated heterocycles. The Morgan fingerprint density at radius 3 is 2.50 bits per heavy atom. The maximum atomic E-state index is 12.1. The standard InChI is InChI=1S/C17H19NO4/c1-11-7-12(2)9-14(8-11)17(20)22-13(3)16(19)18-10-15-5-4-6-21-15/h4-9,13H,10H2,1-3H3,(H,18,19). The van der Waals surface area contributed by atoms with Gasteiger partial charge >= 0.3 is 5.97 Å². The second kappa shape index (κ2) is 6.93. The number of amides is 1. The van der Waals surface area contributed by atoms with Crippen molar-refractivity contribution in [3.8, 4) is 0 Å². The summed E-state index contributed by atoms with van der Waals surface area (Å²) in [4.78, 5) is 24.0.